The van der Waals surface area contributed by atoms with Crippen molar-refractivity contribution < 1.29 is 17.9 Å². The number of hydrogen-bond donors (Lipinski definition) is 1. The number of alkyl halides is 3. The van der Waals surface area contributed by atoms with E-state index in [1.165, 1.54) is 13.2 Å². The lowest BCUT2D eigenvalue weighted by Crippen LogP contribution is -2.13. The summed E-state index contributed by atoms with van der Waals surface area (Å²) in [6, 6.07) is 0. The van der Waals surface area contributed by atoms with E-state index in [1.54, 1.807) is 0 Å². The van der Waals surface area contributed by atoms with Gasteiger partial charge in [-0.15, -0.1) is 0 Å². The van der Waals surface area contributed by atoms with Gasteiger partial charge in [-0.2, -0.15) is 18.3 Å². The maximum atomic E-state index is 12.3. The Balaban J connectivity index is 2.91. The predicted molar refractivity (Wildman–Crippen MR) is 42.8 cm³/mol. The molecule has 0 aliphatic carbocycles. The lowest BCUT2D eigenvalue weighted by molar-refractivity contribution is -0.142. The van der Waals surface area contributed by atoms with Crippen LogP contribution in [0, 0.1) is 0 Å². The first-order chi connectivity index (χ1) is 6.45. The van der Waals surface area contributed by atoms with Crippen molar-refractivity contribution in [1.82, 2.24) is 9.78 Å². The Kier molecular flexibility index (Phi) is 3.00. The molecule has 0 bridgehead atoms. The van der Waals surface area contributed by atoms with Gasteiger partial charge >= 0.3 is 6.18 Å². The minimum Gasteiger partial charge on any atom is -0.488 e. The minimum atomic E-state index is -4.49. The Morgan fingerprint density at radius 3 is 2.71 bits per heavy atom. The van der Waals surface area contributed by atoms with Crippen LogP contribution in [0.5, 0.6) is 5.75 Å². The first-order valence-electron chi connectivity index (χ1n) is 3.89. The molecular formula is C7H10F3N3O. The van der Waals surface area contributed by atoms with Crippen molar-refractivity contribution in [2.24, 2.45) is 12.8 Å². The van der Waals surface area contributed by atoms with Crippen LogP contribution in [0.1, 0.15) is 5.69 Å². The van der Waals surface area contributed by atoms with E-state index in [-0.39, 0.29) is 18.9 Å². The average Bonchev–Trinajstić information content (AvgIpc) is 2.42. The molecule has 0 unspecified atom stereocenters. The van der Waals surface area contributed by atoms with Crippen molar-refractivity contribution >= 4 is 0 Å². The second-order valence-electron chi connectivity index (χ2n) is 2.65. The monoisotopic (exact) mass is 209 g/mol. The van der Waals surface area contributed by atoms with Crippen molar-refractivity contribution in [3.8, 4) is 5.75 Å². The maximum absolute atomic E-state index is 12.3. The quantitative estimate of drug-likeness (QED) is 0.800. The first kappa shape index (κ1) is 10.8. The summed E-state index contributed by atoms with van der Waals surface area (Å²) in [7, 11) is 1.39. The third-order valence-corrected chi connectivity index (χ3v) is 1.44. The van der Waals surface area contributed by atoms with Crippen molar-refractivity contribution in [1.29, 1.82) is 0 Å². The molecule has 7 heteroatoms. The van der Waals surface area contributed by atoms with Gasteiger partial charge in [-0.1, -0.05) is 0 Å². The van der Waals surface area contributed by atoms with Gasteiger partial charge in [0.2, 0.25) is 5.69 Å². The normalized spacial score (nSPS) is 11.8. The van der Waals surface area contributed by atoms with E-state index >= 15 is 0 Å². The van der Waals surface area contributed by atoms with Gasteiger partial charge in [0.05, 0.1) is 6.20 Å². The van der Waals surface area contributed by atoms with E-state index in [0.717, 1.165) is 4.68 Å². The van der Waals surface area contributed by atoms with Gasteiger partial charge in [-0.05, 0) is 0 Å². The van der Waals surface area contributed by atoms with E-state index in [4.69, 9.17) is 10.5 Å². The molecule has 0 aromatic carbocycles. The third kappa shape index (κ3) is 2.38. The molecule has 1 heterocycles. The number of halogens is 3. The molecular weight excluding hydrogens is 199 g/mol. The van der Waals surface area contributed by atoms with Crippen LogP contribution in [-0.2, 0) is 13.2 Å². The molecule has 2 N–H and O–H groups in total. The molecule has 0 atom stereocenters. The summed E-state index contributed by atoms with van der Waals surface area (Å²) >= 11 is 0. The zero-order chi connectivity index (χ0) is 10.8. The molecule has 0 saturated carbocycles. The van der Waals surface area contributed by atoms with E-state index in [2.05, 4.69) is 5.10 Å². The van der Waals surface area contributed by atoms with Crippen LogP contribution >= 0.6 is 0 Å². The highest BCUT2D eigenvalue weighted by atomic mass is 19.4. The Bertz CT molecular complexity index is 308. The molecule has 0 spiro atoms. The molecule has 0 radical (unpaired) electrons. The van der Waals surface area contributed by atoms with Crippen LogP contribution in [0.2, 0.25) is 0 Å². The SMILES string of the molecule is Cn1cc(OCCN)c(C(F)(F)F)n1. The van der Waals surface area contributed by atoms with E-state index in [9.17, 15) is 13.2 Å². The summed E-state index contributed by atoms with van der Waals surface area (Å²) in [5.74, 6) is -0.287. The van der Waals surface area contributed by atoms with Gasteiger partial charge in [0.1, 0.15) is 6.61 Å². The van der Waals surface area contributed by atoms with E-state index in [0.29, 0.717) is 0 Å². The molecule has 14 heavy (non-hydrogen) atoms. The molecule has 4 nitrogen and oxygen atoms in total. The van der Waals surface area contributed by atoms with Crippen molar-refractivity contribution in [3.05, 3.63) is 11.9 Å². The van der Waals surface area contributed by atoms with Gasteiger partial charge in [0.15, 0.2) is 5.75 Å². The molecule has 0 aliphatic rings. The largest absolute Gasteiger partial charge is 0.488 e. The Labute approximate surface area is 78.4 Å². The number of nitrogens with two attached hydrogens (primary N) is 1. The predicted octanol–water partition coefficient (Wildman–Crippen LogP) is 0.776. The number of aromatic nitrogens is 2. The Morgan fingerprint density at radius 1 is 1.57 bits per heavy atom. The van der Waals surface area contributed by atoms with Gasteiger partial charge in [0, 0.05) is 13.6 Å². The third-order valence-electron chi connectivity index (χ3n) is 1.44. The van der Waals surface area contributed by atoms with Gasteiger partial charge in [-0.25, -0.2) is 0 Å². The molecule has 0 aliphatic heterocycles. The van der Waals surface area contributed by atoms with Crippen LogP contribution in [0.3, 0.4) is 0 Å². The highest BCUT2D eigenvalue weighted by molar-refractivity contribution is 5.27. The number of nitrogens with zero attached hydrogens (tertiary/aromatic N) is 2. The summed E-state index contributed by atoms with van der Waals surface area (Å²) < 4.78 is 42.8. The fraction of sp³-hybridized carbons (Fsp3) is 0.571. The van der Waals surface area contributed by atoms with Crippen LogP contribution in [0.4, 0.5) is 13.2 Å². The Morgan fingerprint density at radius 2 is 2.21 bits per heavy atom. The van der Waals surface area contributed by atoms with Crippen molar-refractivity contribution in [2.75, 3.05) is 13.2 Å². The van der Waals surface area contributed by atoms with Crippen molar-refractivity contribution in [3.63, 3.8) is 0 Å². The number of aryl methyl sites for hydroxylation is 1. The van der Waals surface area contributed by atoms with Crippen LogP contribution < -0.4 is 10.5 Å². The van der Waals surface area contributed by atoms with Gasteiger partial charge < -0.3 is 10.5 Å². The second-order valence-corrected chi connectivity index (χ2v) is 2.65. The van der Waals surface area contributed by atoms with Crippen LogP contribution in [0.15, 0.2) is 6.20 Å². The number of rotatable bonds is 3. The Hall–Kier alpha value is -1.24. The second kappa shape index (κ2) is 3.87. The molecule has 1 aromatic rings. The zero-order valence-electron chi connectivity index (χ0n) is 7.51. The molecule has 1 aromatic heterocycles. The fourth-order valence-corrected chi connectivity index (χ4v) is 0.938. The summed E-state index contributed by atoms with van der Waals surface area (Å²) in [5.41, 5.74) is 4.09. The summed E-state index contributed by atoms with van der Waals surface area (Å²) in [4.78, 5) is 0. The van der Waals surface area contributed by atoms with E-state index in [1.807, 2.05) is 0 Å². The molecule has 80 valence electrons. The fourth-order valence-electron chi connectivity index (χ4n) is 0.938. The number of ether oxygens (including phenoxy) is 1. The van der Waals surface area contributed by atoms with Crippen molar-refractivity contribution in [2.45, 2.75) is 6.18 Å². The standard InChI is InChI=1S/C7H10F3N3O/c1-13-4-5(14-3-2-11)6(12-13)7(8,9)10/h4H,2-3,11H2,1H3. The summed E-state index contributed by atoms with van der Waals surface area (Å²) in [6.07, 6.45) is -3.33. The van der Waals surface area contributed by atoms with Crippen LogP contribution in [0.25, 0.3) is 0 Å². The summed E-state index contributed by atoms with van der Waals surface area (Å²) in [5, 5.41) is 3.26. The molecule has 0 fully saturated rings. The molecule has 0 saturated heterocycles. The number of hydrogen-bond acceptors (Lipinski definition) is 3. The minimum absolute atomic E-state index is 0.0365. The van der Waals surface area contributed by atoms with Gasteiger partial charge in [-0.3, -0.25) is 4.68 Å². The average molecular weight is 209 g/mol. The first-order valence-corrected chi connectivity index (χ1v) is 3.89. The zero-order valence-corrected chi connectivity index (χ0v) is 7.51. The smallest absolute Gasteiger partial charge is 0.438 e. The lowest BCUT2D eigenvalue weighted by atomic mass is 10.4. The topological polar surface area (TPSA) is 53.1 Å². The van der Waals surface area contributed by atoms with E-state index < -0.39 is 11.9 Å². The maximum Gasteiger partial charge on any atom is 0.438 e. The molecule has 1 rings (SSSR count). The summed E-state index contributed by atoms with van der Waals surface area (Å²) in [6.45, 7) is 0.195. The highest BCUT2D eigenvalue weighted by Gasteiger charge is 2.38. The lowest BCUT2D eigenvalue weighted by Gasteiger charge is -2.06. The molecule has 0 amide bonds. The highest BCUT2D eigenvalue weighted by Crippen LogP contribution is 2.34. The van der Waals surface area contributed by atoms with Gasteiger partial charge in [0.25, 0.3) is 0 Å². The van der Waals surface area contributed by atoms with Crippen LogP contribution in [-0.4, -0.2) is 22.9 Å².